The van der Waals surface area contributed by atoms with Crippen molar-refractivity contribution in [2.45, 2.75) is 44.7 Å². The molecule has 2 aliphatic rings. The Hall–Kier alpha value is -1.92. The summed E-state index contributed by atoms with van der Waals surface area (Å²) in [6.07, 6.45) is 2.16. The summed E-state index contributed by atoms with van der Waals surface area (Å²) >= 11 is 0. The molecule has 0 bridgehead atoms. The Morgan fingerprint density at radius 1 is 1.07 bits per heavy atom. The van der Waals surface area contributed by atoms with Crippen molar-refractivity contribution in [1.29, 1.82) is 0 Å². The average molecular weight is 373 g/mol. The number of rotatable bonds is 7. The molecule has 1 spiro atoms. The maximum atomic E-state index is 13.3. The summed E-state index contributed by atoms with van der Waals surface area (Å²) in [5.41, 5.74) is 0.494. The zero-order valence-corrected chi connectivity index (χ0v) is 16.7. The second-order valence-electron chi connectivity index (χ2n) is 7.78. The van der Waals surface area contributed by atoms with Gasteiger partial charge in [-0.1, -0.05) is 30.3 Å². The lowest BCUT2D eigenvalue weighted by Gasteiger charge is -2.43. The van der Waals surface area contributed by atoms with Crippen LogP contribution in [0.15, 0.2) is 30.3 Å². The van der Waals surface area contributed by atoms with Crippen molar-refractivity contribution < 1.29 is 14.3 Å². The van der Waals surface area contributed by atoms with Crippen LogP contribution < -0.4 is 0 Å². The molecule has 0 aromatic heterocycles. The molecule has 6 heteroatoms. The van der Waals surface area contributed by atoms with Crippen LogP contribution in [0.25, 0.3) is 0 Å². The van der Waals surface area contributed by atoms with E-state index in [1.54, 1.807) is 7.11 Å². The number of methoxy groups -OCH3 is 1. The quantitative estimate of drug-likeness (QED) is 0.689. The van der Waals surface area contributed by atoms with E-state index in [4.69, 9.17) is 4.74 Å². The number of nitrogens with zero attached hydrogens (tertiary/aromatic N) is 3. The van der Waals surface area contributed by atoms with Gasteiger partial charge in [0.1, 0.15) is 5.54 Å². The number of likely N-dealkylation sites (tertiary alicyclic amines) is 1. The number of benzene rings is 1. The molecule has 0 N–H and O–H groups in total. The summed E-state index contributed by atoms with van der Waals surface area (Å²) in [4.78, 5) is 32.0. The first-order valence-electron chi connectivity index (χ1n) is 9.90. The normalized spacial score (nSPS) is 20.3. The SMILES string of the molecule is COCCN1C(=O)N(CCc2ccccc2)C2(CCN(C(C)C)CC2)C1=O. The molecular formula is C21H31N3O3. The molecule has 0 atom stereocenters. The molecule has 2 fully saturated rings. The Kier molecular flexibility index (Phi) is 6.17. The maximum Gasteiger partial charge on any atom is 0.327 e. The number of ether oxygens (including phenoxy) is 1. The fourth-order valence-corrected chi connectivity index (χ4v) is 4.25. The molecule has 0 aliphatic carbocycles. The van der Waals surface area contributed by atoms with Crippen LogP contribution in [-0.2, 0) is 16.0 Å². The minimum Gasteiger partial charge on any atom is -0.383 e. The Bertz CT molecular complexity index is 654. The first-order chi connectivity index (χ1) is 13.0. The largest absolute Gasteiger partial charge is 0.383 e. The number of carbonyl (C=O) groups excluding carboxylic acids is 2. The summed E-state index contributed by atoms with van der Waals surface area (Å²) in [6.45, 7) is 7.31. The first kappa shape index (κ1) is 19.8. The zero-order chi connectivity index (χ0) is 19.4. The lowest BCUT2D eigenvalue weighted by atomic mass is 9.85. The Balaban J connectivity index is 1.80. The Morgan fingerprint density at radius 2 is 1.74 bits per heavy atom. The van der Waals surface area contributed by atoms with Crippen LogP contribution in [0, 0.1) is 0 Å². The molecule has 1 aromatic rings. The first-order valence-corrected chi connectivity index (χ1v) is 9.90. The van der Waals surface area contributed by atoms with Crippen LogP contribution in [0.2, 0.25) is 0 Å². The standard InChI is InChI=1S/C21H31N3O3/c1-17(2)22-13-10-21(11-14-22)19(25)23(15-16-27-3)20(26)24(21)12-9-18-7-5-4-6-8-18/h4-8,17H,9-16H2,1-3H3. The van der Waals surface area contributed by atoms with Crippen LogP contribution in [-0.4, -0.2) is 78.1 Å². The molecule has 2 heterocycles. The van der Waals surface area contributed by atoms with E-state index in [0.29, 0.717) is 38.6 Å². The molecule has 0 radical (unpaired) electrons. The lowest BCUT2D eigenvalue weighted by Crippen LogP contribution is -2.57. The van der Waals surface area contributed by atoms with Crippen LogP contribution in [0.5, 0.6) is 0 Å². The molecule has 0 unspecified atom stereocenters. The van der Waals surface area contributed by atoms with Crippen LogP contribution >= 0.6 is 0 Å². The zero-order valence-electron chi connectivity index (χ0n) is 16.7. The van der Waals surface area contributed by atoms with Gasteiger partial charge in [-0.25, -0.2) is 4.79 Å². The van der Waals surface area contributed by atoms with Crippen molar-refractivity contribution in [1.82, 2.24) is 14.7 Å². The van der Waals surface area contributed by atoms with E-state index in [9.17, 15) is 9.59 Å². The highest BCUT2D eigenvalue weighted by atomic mass is 16.5. The Labute approximate surface area is 162 Å². The van der Waals surface area contributed by atoms with E-state index in [1.165, 1.54) is 10.5 Å². The monoisotopic (exact) mass is 373 g/mol. The van der Waals surface area contributed by atoms with Gasteiger partial charge in [-0.15, -0.1) is 0 Å². The molecule has 1 aromatic carbocycles. The second-order valence-corrected chi connectivity index (χ2v) is 7.78. The number of hydrogen-bond acceptors (Lipinski definition) is 4. The lowest BCUT2D eigenvalue weighted by molar-refractivity contribution is -0.136. The number of hydrogen-bond donors (Lipinski definition) is 0. The van der Waals surface area contributed by atoms with Crippen LogP contribution in [0.1, 0.15) is 32.3 Å². The number of carbonyl (C=O) groups is 2. The van der Waals surface area contributed by atoms with Crippen molar-refractivity contribution >= 4 is 11.9 Å². The van der Waals surface area contributed by atoms with E-state index in [0.717, 1.165) is 19.5 Å². The summed E-state index contributed by atoms with van der Waals surface area (Å²) < 4.78 is 5.12. The highest BCUT2D eigenvalue weighted by Crippen LogP contribution is 2.37. The third kappa shape index (κ3) is 3.87. The molecule has 6 nitrogen and oxygen atoms in total. The van der Waals surface area contributed by atoms with Crippen molar-refractivity contribution in [3.8, 4) is 0 Å². The fraction of sp³-hybridized carbons (Fsp3) is 0.619. The third-order valence-electron chi connectivity index (χ3n) is 5.96. The van der Waals surface area contributed by atoms with E-state index in [2.05, 4.69) is 30.9 Å². The van der Waals surface area contributed by atoms with Crippen LogP contribution in [0.4, 0.5) is 4.79 Å². The van der Waals surface area contributed by atoms with Crippen molar-refractivity contribution in [3.05, 3.63) is 35.9 Å². The molecule has 0 saturated carbocycles. The van der Waals surface area contributed by atoms with Gasteiger partial charge in [0, 0.05) is 32.8 Å². The van der Waals surface area contributed by atoms with E-state index < -0.39 is 5.54 Å². The highest BCUT2D eigenvalue weighted by Gasteiger charge is 2.57. The predicted molar refractivity (Wildman–Crippen MR) is 105 cm³/mol. The van der Waals surface area contributed by atoms with Gasteiger partial charge in [-0.3, -0.25) is 9.69 Å². The smallest absolute Gasteiger partial charge is 0.327 e. The molecule has 2 saturated heterocycles. The van der Waals surface area contributed by atoms with Crippen LogP contribution in [0.3, 0.4) is 0 Å². The van der Waals surface area contributed by atoms with Gasteiger partial charge in [0.25, 0.3) is 5.91 Å². The molecule has 3 amide bonds. The van der Waals surface area contributed by atoms with Gasteiger partial charge in [-0.2, -0.15) is 0 Å². The molecule has 27 heavy (non-hydrogen) atoms. The molecule has 2 aliphatic heterocycles. The topological polar surface area (TPSA) is 53.1 Å². The van der Waals surface area contributed by atoms with E-state index in [-0.39, 0.29) is 11.9 Å². The second kappa shape index (κ2) is 8.40. The van der Waals surface area contributed by atoms with Gasteiger partial charge in [-0.05, 0) is 38.7 Å². The van der Waals surface area contributed by atoms with Gasteiger partial charge < -0.3 is 14.5 Å². The Morgan fingerprint density at radius 3 is 2.33 bits per heavy atom. The summed E-state index contributed by atoms with van der Waals surface area (Å²) in [5, 5.41) is 0. The summed E-state index contributed by atoms with van der Waals surface area (Å²) in [7, 11) is 1.59. The summed E-state index contributed by atoms with van der Waals surface area (Å²) in [6, 6.07) is 10.4. The van der Waals surface area contributed by atoms with Gasteiger partial charge in [0.05, 0.1) is 13.2 Å². The molecule has 148 valence electrons. The van der Waals surface area contributed by atoms with Crippen molar-refractivity contribution in [2.24, 2.45) is 0 Å². The van der Waals surface area contributed by atoms with Gasteiger partial charge >= 0.3 is 6.03 Å². The highest BCUT2D eigenvalue weighted by molar-refractivity contribution is 6.07. The fourth-order valence-electron chi connectivity index (χ4n) is 4.25. The minimum atomic E-state index is -0.689. The third-order valence-corrected chi connectivity index (χ3v) is 5.96. The van der Waals surface area contributed by atoms with Gasteiger partial charge in [0.2, 0.25) is 0 Å². The van der Waals surface area contributed by atoms with Crippen molar-refractivity contribution in [2.75, 3.05) is 39.9 Å². The van der Waals surface area contributed by atoms with E-state index >= 15 is 0 Å². The minimum absolute atomic E-state index is 0.0407. The summed E-state index contributed by atoms with van der Waals surface area (Å²) in [5.74, 6) is -0.0407. The van der Waals surface area contributed by atoms with Gasteiger partial charge in [0.15, 0.2) is 0 Å². The number of imide groups is 1. The predicted octanol–water partition coefficient (Wildman–Crippen LogP) is 2.38. The van der Waals surface area contributed by atoms with Crippen molar-refractivity contribution in [3.63, 3.8) is 0 Å². The molecular weight excluding hydrogens is 342 g/mol. The van der Waals surface area contributed by atoms with E-state index in [1.807, 2.05) is 23.1 Å². The number of amides is 3. The maximum absolute atomic E-state index is 13.3. The number of urea groups is 1. The molecule has 3 rings (SSSR count). The number of piperidine rings is 1. The average Bonchev–Trinajstić information content (AvgIpc) is 2.86.